The van der Waals surface area contributed by atoms with Gasteiger partial charge in [0.05, 0.1) is 18.4 Å². The Labute approximate surface area is 255 Å². The second-order valence-electron chi connectivity index (χ2n) is 12.4. The highest BCUT2D eigenvalue weighted by Gasteiger charge is 2.44. The summed E-state index contributed by atoms with van der Waals surface area (Å²) in [6, 6.07) is 11.4. The third-order valence-corrected chi connectivity index (χ3v) is 11.0. The van der Waals surface area contributed by atoms with Gasteiger partial charge in [-0.2, -0.15) is 0 Å². The van der Waals surface area contributed by atoms with Gasteiger partial charge < -0.3 is 14.7 Å². The number of halogens is 1. The van der Waals surface area contributed by atoms with E-state index in [9.17, 15) is 14.1 Å². The molecule has 0 aromatic heterocycles. The van der Waals surface area contributed by atoms with E-state index in [-0.39, 0.29) is 28.9 Å². The molecule has 1 fully saturated rings. The van der Waals surface area contributed by atoms with E-state index in [0.29, 0.717) is 37.4 Å². The van der Waals surface area contributed by atoms with E-state index in [1.54, 1.807) is 24.3 Å². The number of carbonyl (C=O) groups excluding carboxylic acids is 1. The van der Waals surface area contributed by atoms with Crippen LogP contribution in [0, 0.1) is 17.8 Å². The molecular formula is C33H42ClN3O4S. The van der Waals surface area contributed by atoms with Gasteiger partial charge in [-0.25, -0.2) is 9.35 Å². The van der Waals surface area contributed by atoms with Crippen LogP contribution < -0.4 is 14.8 Å². The van der Waals surface area contributed by atoms with Crippen LogP contribution in [-0.2, 0) is 21.8 Å². The summed E-state index contributed by atoms with van der Waals surface area (Å²) in [7, 11) is -3.20. The molecule has 1 amide bonds. The SMILES string of the molecule is C=CC[C@H](C)C[S@](N)(=O)=NC(=O)c1ccc2c(c1)N(C[C@@H]1CC[C@H]1[C@@H](O)C=C)C[C@@]1(CCCc3cc(Cl)ccc31)CO2. The van der Waals surface area contributed by atoms with Crippen molar-refractivity contribution in [2.45, 2.75) is 57.0 Å². The standard InChI is InChI=1S/C33H42ClN3O4S/c1-4-7-22(3)19-42(35,40)36-32(39)24-10-14-31-29(17-24)37(18-25-9-12-27(25)30(38)5-2)20-33(21-41-31)15-6-8-23-16-26(34)11-13-28(23)33/h4-5,10-11,13-14,16-17,22,25,27,30,38H,1-2,6-9,12,15,18-21H2,3H3,(H2,35,36,39,40)/t22-,25-,27+,30-,33-,42+/m0/s1. The van der Waals surface area contributed by atoms with E-state index in [2.05, 4.69) is 34.6 Å². The van der Waals surface area contributed by atoms with Gasteiger partial charge in [0, 0.05) is 34.8 Å². The van der Waals surface area contributed by atoms with Crippen molar-refractivity contribution in [2.24, 2.45) is 27.3 Å². The second kappa shape index (κ2) is 12.5. The monoisotopic (exact) mass is 611 g/mol. The lowest BCUT2D eigenvalue weighted by Gasteiger charge is -2.45. The molecule has 1 aliphatic heterocycles. The molecule has 1 spiro atoms. The highest BCUT2D eigenvalue weighted by molar-refractivity contribution is 7.91. The molecule has 1 heterocycles. The zero-order valence-corrected chi connectivity index (χ0v) is 25.9. The fourth-order valence-electron chi connectivity index (χ4n) is 6.97. The summed E-state index contributed by atoms with van der Waals surface area (Å²) in [5, 5.41) is 17.3. The number of hydrogen-bond donors (Lipinski definition) is 2. The molecule has 9 heteroatoms. The summed E-state index contributed by atoms with van der Waals surface area (Å²) in [4.78, 5) is 15.6. The molecule has 2 aromatic rings. The number of benzene rings is 2. The van der Waals surface area contributed by atoms with Crippen LogP contribution in [0.25, 0.3) is 0 Å². The topological polar surface area (TPSA) is 105 Å². The number of anilines is 1. The summed E-state index contributed by atoms with van der Waals surface area (Å²) in [6.45, 7) is 11.3. The molecule has 6 atom stereocenters. The third-order valence-electron chi connectivity index (χ3n) is 9.23. The zero-order chi connectivity index (χ0) is 30.1. The number of nitrogens with zero attached hydrogens (tertiary/aromatic N) is 2. The van der Waals surface area contributed by atoms with Crippen molar-refractivity contribution in [1.82, 2.24) is 0 Å². The molecule has 226 valence electrons. The first-order valence-electron chi connectivity index (χ1n) is 14.8. The number of rotatable bonds is 9. The summed E-state index contributed by atoms with van der Waals surface area (Å²) < 4.78 is 23.5. The predicted molar refractivity (Wildman–Crippen MR) is 171 cm³/mol. The number of amides is 1. The Balaban J connectivity index is 1.51. The molecule has 42 heavy (non-hydrogen) atoms. The Hall–Kier alpha value is -2.65. The minimum absolute atomic E-state index is 0.00160. The van der Waals surface area contributed by atoms with Crippen LogP contribution in [-0.4, -0.2) is 46.8 Å². The van der Waals surface area contributed by atoms with Crippen LogP contribution >= 0.6 is 11.6 Å². The number of ether oxygens (including phenoxy) is 1. The summed E-state index contributed by atoms with van der Waals surface area (Å²) in [5.41, 5.74) is 3.38. The smallest absolute Gasteiger partial charge is 0.286 e. The number of carbonyl (C=O) groups is 1. The molecule has 7 nitrogen and oxygen atoms in total. The van der Waals surface area contributed by atoms with Crippen molar-refractivity contribution in [1.29, 1.82) is 0 Å². The first-order chi connectivity index (χ1) is 20.0. The molecule has 0 saturated heterocycles. The van der Waals surface area contributed by atoms with Crippen molar-refractivity contribution in [3.8, 4) is 5.75 Å². The molecule has 0 radical (unpaired) electrons. The lowest BCUT2D eigenvalue weighted by Crippen LogP contribution is -2.49. The minimum Gasteiger partial charge on any atom is -0.490 e. The first-order valence-corrected chi connectivity index (χ1v) is 17.0. The minimum atomic E-state index is -3.20. The maximum absolute atomic E-state index is 13.3. The quantitative estimate of drug-likeness (QED) is 0.334. The van der Waals surface area contributed by atoms with E-state index in [1.807, 2.05) is 19.1 Å². The normalized spacial score (nSPS) is 25.9. The lowest BCUT2D eigenvalue weighted by atomic mass is 9.68. The van der Waals surface area contributed by atoms with E-state index < -0.39 is 21.9 Å². The fourth-order valence-corrected chi connectivity index (χ4v) is 8.57. The van der Waals surface area contributed by atoms with Crippen LogP contribution in [0.1, 0.15) is 60.5 Å². The van der Waals surface area contributed by atoms with E-state index in [1.165, 1.54) is 11.1 Å². The van der Waals surface area contributed by atoms with Crippen LogP contribution in [0.5, 0.6) is 5.75 Å². The molecule has 0 unspecified atom stereocenters. The maximum atomic E-state index is 13.3. The molecule has 1 saturated carbocycles. The number of fused-ring (bicyclic) bond motifs is 3. The number of aryl methyl sites for hydroxylation is 1. The van der Waals surface area contributed by atoms with Gasteiger partial charge in [-0.15, -0.1) is 17.5 Å². The van der Waals surface area contributed by atoms with Crippen molar-refractivity contribution >= 4 is 33.1 Å². The first kappa shape index (κ1) is 30.8. The molecule has 3 aliphatic rings. The van der Waals surface area contributed by atoms with Crippen molar-refractivity contribution in [3.63, 3.8) is 0 Å². The molecule has 5 rings (SSSR count). The van der Waals surface area contributed by atoms with E-state index in [4.69, 9.17) is 21.5 Å². The lowest BCUT2D eigenvalue weighted by molar-refractivity contribution is 0.0460. The van der Waals surface area contributed by atoms with Gasteiger partial charge in [0.1, 0.15) is 15.7 Å². The Morgan fingerprint density at radius 1 is 1.31 bits per heavy atom. The highest BCUT2D eigenvalue weighted by atomic mass is 35.5. The van der Waals surface area contributed by atoms with Crippen molar-refractivity contribution in [3.05, 3.63) is 83.4 Å². The summed E-state index contributed by atoms with van der Waals surface area (Å²) in [6.07, 6.45) is 8.39. The molecule has 2 aliphatic carbocycles. The van der Waals surface area contributed by atoms with Gasteiger partial charge in [-0.1, -0.05) is 36.7 Å². The highest BCUT2D eigenvalue weighted by Crippen LogP contribution is 2.46. The van der Waals surface area contributed by atoms with Crippen LogP contribution in [0.3, 0.4) is 0 Å². The number of aliphatic hydroxyl groups is 1. The fraction of sp³-hybridized carbons (Fsp3) is 0.485. The average molecular weight is 612 g/mol. The van der Waals surface area contributed by atoms with Gasteiger partial charge in [0.25, 0.3) is 5.91 Å². The van der Waals surface area contributed by atoms with E-state index >= 15 is 0 Å². The van der Waals surface area contributed by atoms with Gasteiger partial charge in [0.15, 0.2) is 0 Å². The van der Waals surface area contributed by atoms with Gasteiger partial charge in [-0.3, -0.25) is 4.79 Å². The van der Waals surface area contributed by atoms with Gasteiger partial charge in [-0.05, 0) is 97.7 Å². The maximum Gasteiger partial charge on any atom is 0.286 e. The third kappa shape index (κ3) is 6.47. The van der Waals surface area contributed by atoms with Crippen molar-refractivity contribution < 1.29 is 18.8 Å². The van der Waals surface area contributed by atoms with Crippen LogP contribution in [0.15, 0.2) is 66.1 Å². The molecular weight excluding hydrogens is 570 g/mol. The molecule has 2 aromatic carbocycles. The molecule has 0 bridgehead atoms. The Morgan fingerprint density at radius 2 is 2.12 bits per heavy atom. The average Bonchev–Trinajstić information content (AvgIpc) is 3.07. The number of aliphatic hydroxyl groups excluding tert-OH is 1. The number of nitrogens with two attached hydrogens (primary N) is 1. The number of allylic oxidation sites excluding steroid dienone is 1. The second-order valence-corrected chi connectivity index (χ2v) is 14.7. The van der Waals surface area contributed by atoms with Gasteiger partial charge in [0.2, 0.25) is 0 Å². The summed E-state index contributed by atoms with van der Waals surface area (Å²) >= 11 is 6.38. The largest absolute Gasteiger partial charge is 0.490 e. The van der Waals surface area contributed by atoms with E-state index in [0.717, 1.165) is 42.8 Å². The Morgan fingerprint density at radius 3 is 2.83 bits per heavy atom. The Bertz CT molecular complexity index is 1490. The number of hydrogen-bond acceptors (Lipinski definition) is 5. The molecule has 3 N–H and O–H groups in total. The van der Waals surface area contributed by atoms with Crippen LogP contribution in [0.2, 0.25) is 5.02 Å². The Kier molecular flexibility index (Phi) is 9.19. The summed E-state index contributed by atoms with van der Waals surface area (Å²) in [5.74, 6) is 0.619. The van der Waals surface area contributed by atoms with Gasteiger partial charge >= 0.3 is 0 Å². The zero-order valence-electron chi connectivity index (χ0n) is 24.3. The van der Waals surface area contributed by atoms with Crippen molar-refractivity contribution in [2.75, 3.05) is 30.3 Å². The predicted octanol–water partition coefficient (Wildman–Crippen LogP) is 6.08. The van der Waals surface area contributed by atoms with Crippen LogP contribution in [0.4, 0.5) is 5.69 Å².